The van der Waals surface area contributed by atoms with Crippen molar-refractivity contribution in [3.63, 3.8) is 0 Å². The number of unbranched alkanes of at least 4 members (excludes halogenated alkanes) is 3. The molecule has 1 atom stereocenters. The van der Waals surface area contributed by atoms with Gasteiger partial charge in [-0.3, -0.25) is 9.53 Å². The lowest BCUT2D eigenvalue weighted by Crippen LogP contribution is -3.00. The van der Waals surface area contributed by atoms with E-state index in [1.165, 1.54) is 6.92 Å². The van der Waals surface area contributed by atoms with E-state index in [-0.39, 0.29) is 25.0 Å². The number of aliphatic imine (C=N–C) groups is 1. The maximum Gasteiger partial charge on any atom is 0.426 e. The van der Waals surface area contributed by atoms with Crippen molar-refractivity contribution in [3.05, 3.63) is 53.8 Å². The minimum Gasteiger partial charge on any atom is -1.00 e. The molecule has 0 radical (unpaired) electrons. The van der Waals surface area contributed by atoms with Crippen LogP contribution in [0.25, 0.3) is 0 Å². The van der Waals surface area contributed by atoms with E-state index in [0.717, 1.165) is 37.1 Å². The highest BCUT2D eigenvalue weighted by Gasteiger charge is 2.23. The molecule has 0 aliphatic heterocycles. The standard InChI is InChI=1S/C29H41ClN5O7.ClH/c1-24(36)42-29(41-22-21-39-20-19-38-18-17-37-2)34-14-11-26(12-15-34)35(28(32)33-23-31)13-5-3-4-6-16-40-27-9-7-25(30)8-10-27;/h7-12,14-15,29H,3-6,13,16-22H2,1-2H3,(H2,32,33);1H/q+1;/p-1. The smallest absolute Gasteiger partial charge is 0.426 e. The van der Waals surface area contributed by atoms with Gasteiger partial charge in [0.25, 0.3) is 0 Å². The van der Waals surface area contributed by atoms with Crippen LogP contribution in [0.1, 0.15) is 39.0 Å². The minimum absolute atomic E-state index is 0. The quantitative estimate of drug-likeness (QED) is 0.0391. The van der Waals surface area contributed by atoms with Crippen molar-refractivity contribution in [3.8, 4) is 11.9 Å². The molecule has 1 unspecified atom stereocenters. The summed E-state index contributed by atoms with van der Waals surface area (Å²) in [4.78, 5) is 17.1. The summed E-state index contributed by atoms with van der Waals surface area (Å²) in [5, 5.41) is 9.71. The average Bonchev–Trinajstić information content (AvgIpc) is 2.98. The molecular formula is C29H41Cl2N5O7. The second-order valence-corrected chi connectivity index (χ2v) is 9.38. The van der Waals surface area contributed by atoms with Crippen LogP contribution in [0.5, 0.6) is 5.75 Å². The summed E-state index contributed by atoms with van der Waals surface area (Å²) in [6.45, 7) is 4.87. The fourth-order valence-electron chi connectivity index (χ4n) is 3.68. The van der Waals surface area contributed by atoms with E-state index in [1.54, 1.807) is 59.4 Å². The number of carbonyl (C=O) groups excluding carboxylic acids is 1. The van der Waals surface area contributed by atoms with Crippen LogP contribution in [0.2, 0.25) is 5.02 Å². The molecule has 1 heterocycles. The molecule has 0 aliphatic rings. The van der Waals surface area contributed by atoms with Gasteiger partial charge in [-0.05, 0) is 37.1 Å². The van der Waals surface area contributed by atoms with Gasteiger partial charge < -0.3 is 46.7 Å². The summed E-state index contributed by atoms with van der Waals surface area (Å²) in [5.74, 6) is 0.397. The fourth-order valence-corrected chi connectivity index (χ4v) is 3.81. The summed E-state index contributed by atoms with van der Waals surface area (Å²) in [6.07, 6.45) is 7.81. The van der Waals surface area contributed by atoms with E-state index < -0.39 is 12.4 Å². The zero-order valence-electron chi connectivity index (χ0n) is 24.7. The number of esters is 1. The van der Waals surface area contributed by atoms with E-state index in [1.807, 2.05) is 12.1 Å². The molecular weight excluding hydrogens is 601 g/mol. The number of methoxy groups -OCH3 is 1. The number of anilines is 1. The molecule has 238 valence electrons. The van der Waals surface area contributed by atoms with Gasteiger partial charge in [-0.25, -0.2) is 0 Å². The van der Waals surface area contributed by atoms with Crippen molar-refractivity contribution in [2.45, 2.75) is 39.0 Å². The van der Waals surface area contributed by atoms with Crippen LogP contribution in [-0.2, 0) is 28.5 Å². The normalized spacial score (nSPS) is 11.7. The number of hydrogen-bond donors (Lipinski definition) is 1. The molecule has 14 heteroatoms. The molecule has 2 aromatic rings. The third-order valence-corrected chi connectivity index (χ3v) is 6.00. The van der Waals surface area contributed by atoms with Crippen LogP contribution in [0.15, 0.2) is 53.8 Å². The van der Waals surface area contributed by atoms with Gasteiger partial charge in [-0.1, -0.05) is 24.4 Å². The highest BCUT2D eigenvalue weighted by atomic mass is 35.5. The zero-order chi connectivity index (χ0) is 30.4. The molecule has 0 bridgehead atoms. The predicted octanol–water partition coefficient (Wildman–Crippen LogP) is 0.588. The van der Waals surface area contributed by atoms with Gasteiger partial charge in [0, 0.05) is 37.7 Å². The van der Waals surface area contributed by atoms with Crippen LogP contribution in [0.4, 0.5) is 5.69 Å². The summed E-state index contributed by atoms with van der Waals surface area (Å²) < 4.78 is 34.1. The molecule has 0 fully saturated rings. The monoisotopic (exact) mass is 641 g/mol. The Morgan fingerprint density at radius 3 is 2.23 bits per heavy atom. The number of benzene rings is 1. The zero-order valence-corrected chi connectivity index (χ0v) is 26.2. The summed E-state index contributed by atoms with van der Waals surface area (Å²) in [7, 11) is 1.61. The number of nitrogens with two attached hydrogens (primary N) is 1. The number of nitriles is 1. The number of pyridine rings is 1. The highest BCUT2D eigenvalue weighted by Crippen LogP contribution is 2.17. The van der Waals surface area contributed by atoms with E-state index >= 15 is 0 Å². The van der Waals surface area contributed by atoms with Gasteiger partial charge in [-0.15, -0.1) is 9.56 Å². The number of ether oxygens (including phenoxy) is 6. The number of halogens is 2. The maximum absolute atomic E-state index is 11.7. The van der Waals surface area contributed by atoms with Gasteiger partial charge in [0.05, 0.1) is 51.9 Å². The first-order chi connectivity index (χ1) is 20.4. The number of nitrogens with zero attached hydrogens (tertiary/aromatic N) is 4. The second-order valence-electron chi connectivity index (χ2n) is 8.95. The Kier molecular flexibility index (Phi) is 20.5. The van der Waals surface area contributed by atoms with Gasteiger partial charge >= 0.3 is 12.4 Å². The molecule has 0 spiro atoms. The maximum atomic E-state index is 11.7. The summed E-state index contributed by atoms with van der Waals surface area (Å²) in [6, 6.07) is 10.9. The Morgan fingerprint density at radius 1 is 0.977 bits per heavy atom. The second kappa shape index (κ2) is 23.3. The topological polar surface area (TPSA) is 142 Å². The molecule has 0 saturated heterocycles. The molecule has 0 amide bonds. The van der Waals surface area contributed by atoms with Crippen LogP contribution >= 0.6 is 11.6 Å². The molecule has 2 N–H and O–H groups in total. The molecule has 0 saturated carbocycles. The first kappa shape index (κ1) is 37.8. The van der Waals surface area contributed by atoms with Crippen molar-refractivity contribution >= 4 is 29.2 Å². The Balaban J connectivity index is 0.00000924. The third-order valence-electron chi connectivity index (χ3n) is 5.75. The minimum atomic E-state index is -0.980. The fraction of sp³-hybridized carbons (Fsp3) is 0.517. The predicted molar refractivity (Wildman–Crippen MR) is 157 cm³/mol. The lowest BCUT2D eigenvalue weighted by Gasteiger charge is -2.22. The summed E-state index contributed by atoms with van der Waals surface area (Å²) >= 11 is 5.90. The van der Waals surface area contributed by atoms with Crippen LogP contribution in [0, 0.1) is 11.5 Å². The SMILES string of the molecule is COCCOCCOCCOC(OC(C)=O)[n+]1ccc(N(CCCCCCOc2ccc(Cl)cc2)C(N)=NC#N)cc1.[Cl-]. The van der Waals surface area contributed by atoms with Crippen LogP contribution in [-0.4, -0.2) is 71.8 Å². The Hall–Kier alpha value is -3.18. The molecule has 2 rings (SSSR count). The first-order valence-corrected chi connectivity index (χ1v) is 14.1. The number of rotatable bonds is 21. The Labute approximate surface area is 264 Å². The molecule has 1 aromatic carbocycles. The summed E-state index contributed by atoms with van der Waals surface area (Å²) in [5.41, 5.74) is 6.82. The van der Waals surface area contributed by atoms with Crippen molar-refractivity contribution in [2.75, 3.05) is 64.8 Å². The third kappa shape index (κ3) is 16.3. The van der Waals surface area contributed by atoms with Gasteiger partial charge in [-0.2, -0.15) is 5.26 Å². The molecule has 12 nitrogen and oxygen atoms in total. The Bertz CT molecular complexity index is 1100. The van der Waals surface area contributed by atoms with Gasteiger partial charge in [0.1, 0.15) is 5.75 Å². The van der Waals surface area contributed by atoms with Crippen molar-refractivity contribution in [1.29, 1.82) is 5.26 Å². The van der Waals surface area contributed by atoms with Gasteiger partial charge in [0.2, 0.25) is 12.2 Å². The number of guanidine groups is 1. The van der Waals surface area contributed by atoms with E-state index in [0.29, 0.717) is 51.2 Å². The lowest BCUT2D eigenvalue weighted by atomic mass is 10.2. The molecule has 0 aliphatic carbocycles. The first-order valence-electron chi connectivity index (χ1n) is 13.8. The molecule has 1 aromatic heterocycles. The highest BCUT2D eigenvalue weighted by molar-refractivity contribution is 6.30. The van der Waals surface area contributed by atoms with Crippen molar-refractivity contribution < 1.29 is 50.2 Å². The lowest BCUT2D eigenvalue weighted by molar-refractivity contribution is -0.799. The molecule has 43 heavy (non-hydrogen) atoms. The van der Waals surface area contributed by atoms with Crippen molar-refractivity contribution in [1.82, 2.24) is 0 Å². The van der Waals surface area contributed by atoms with Crippen LogP contribution < -0.4 is 32.3 Å². The van der Waals surface area contributed by atoms with E-state index in [2.05, 4.69) is 4.99 Å². The van der Waals surface area contributed by atoms with Crippen LogP contribution in [0.3, 0.4) is 0 Å². The number of hydrogen-bond acceptors (Lipinski definition) is 9. The largest absolute Gasteiger partial charge is 1.00 e. The van der Waals surface area contributed by atoms with E-state index in [9.17, 15) is 4.79 Å². The van der Waals surface area contributed by atoms with Gasteiger partial charge in [0.15, 0.2) is 12.4 Å². The van der Waals surface area contributed by atoms with Crippen molar-refractivity contribution in [2.24, 2.45) is 10.7 Å². The number of aromatic nitrogens is 1. The van der Waals surface area contributed by atoms with E-state index in [4.69, 9.17) is 51.0 Å². The number of carbonyl (C=O) groups is 1. The Morgan fingerprint density at radius 2 is 1.60 bits per heavy atom. The average molecular weight is 643 g/mol.